The standard InChI is InChI=1S/C48H86NO10P/c1-6-8-10-12-14-16-18-20-21-22-23-24-26-28-30-32-34-38-48(53)59-44(43-58-60(54,55)57-41-40-49(3,4)5)42-56-47(52)39-35-37-46(51)45(50)36-33-31-29-27-25-19-17-15-13-11-9-7-2/h9,11,15,17,20-21,25,27,31,33,44-46,50-51H,6-8,10,12-14,16,18-19,22-24,26,28-30,32,34-43H2,1-5H3/b11-9-,17-15-,21-20-,27-25-,33-31-/t44-,45+,46+/m1/s1. The average molecular weight is 868 g/mol. The van der Waals surface area contributed by atoms with Gasteiger partial charge in [-0.25, -0.2) is 0 Å². The van der Waals surface area contributed by atoms with Crippen molar-refractivity contribution >= 4 is 19.8 Å². The lowest BCUT2D eigenvalue weighted by Crippen LogP contribution is -2.37. The zero-order valence-corrected chi connectivity index (χ0v) is 39.3. The number of carbonyl (C=O) groups is 2. The highest BCUT2D eigenvalue weighted by molar-refractivity contribution is 7.45. The monoisotopic (exact) mass is 868 g/mol. The summed E-state index contributed by atoms with van der Waals surface area (Å²) >= 11 is 0. The summed E-state index contributed by atoms with van der Waals surface area (Å²) in [6.07, 6.45) is 39.9. The van der Waals surface area contributed by atoms with Crippen molar-refractivity contribution in [2.45, 2.75) is 186 Å². The summed E-state index contributed by atoms with van der Waals surface area (Å²) in [7, 11) is 1.00. The van der Waals surface area contributed by atoms with E-state index in [2.05, 4.69) is 62.5 Å². The van der Waals surface area contributed by atoms with Crippen molar-refractivity contribution in [3.63, 3.8) is 0 Å². The first-order chi connectivity index (χ1) is 28.8. The van der Waals surface area contributed by atoms with E-state index < -0.39 is 51.3 Å². The minimum Gasteiger partial charge on any atom is -0.756 e. The van der Waals surface area contributed by atoms with Gasteiger partial charge in [-0.3, -0.25) is 14.2 Å². The third kappa shape index (κ3) is 41.0. The maximum atomic E-state index is 12.7. The second-order valence-corrected chi connectivity index (χ2v) is 18.1. The first-order valence-corrected chi connectivity index (χ1v) is 24.6. The Balaban J connectivity index is 4.57. The smallest absolute Gasteiger partial charge is 0.306 e. The highest BCUT2D eigenvalue weighted by atomic mass is 31.2. The third-order valence-corrected chi connectivity index (χ3v) is 10.7. The highest BCUT2D eigenvalue weighted by Gasteiger charge is 2.22. The summed E-state index contributed by atoms with van der Waals surface area (Å²) in [6.45, 7) is 3.76. The number of rotatable bonds is 41. The molecule has 0 aliphatic carbocycles. The number of esters is 2. The van der Waals surface area contributed by atoms with E-state index in [1.165, 1.54) is 57.8 Å². The first kappa shape index (κ1) is 57.6. The number of quaternary nitrogens is 1. The predicted octanol–water partition coefficient (Wildman–Crippen LogP) is 10.6. The van der Waals surface area contributed by atoms with Crippen LogP contribution in [0.1, 0.15) is 168 Å². The molecule has 0 bridgehead atoms. The fourth-order valence-electron chi connectivity index (χ4n) is 5.97. The number of unbranched alkanes of at least 4 members (excludes halogenated alkanes) is 13. The van der Waals surface area contributed by atoms with Crippen LogP contribution >= 0.6 is 7.82 Å². The van der Waals surface area contributed by atoms with E-state index in [1.54, 1.807) is 0 Å². The molecular weight excluding hydrogens is 781 g/mol. The van der Waals surface area contributed by atoms with Gasteiger partial charge in [0.25, 0.3) is 7.82 Å². The van der Waals surface area contributed by atoms with E-state index in [0.717, 1.165) is 57.8 Å². The SMILES string of the molecule is CC/C=C\C/C=C\C/C=C\C/C=C\C[C@H](O)[C@@H](O)CCCC(=O)OC[C@H](COP(=O)([O-])OCC[N+](C)(C)C)OC(=O)CCCCCCCCC/C=C\CCCCCCCC. The van der Waals surface area contributed by atoms with Gasteiger partial charge in [0, 0.05) is 12.8 Å². The molecule has 0 aromatic carbocycles. The molecule has 0 fully saturated rings. The molecule has 0 aliphatic rings. The number of hydrogen-bond donors (Lipinski definition) is 2. The minimum atomic E-state index is -4.70. The summed E-state index contributed by atoms with van der Waals surface area (Å²) in [5, 5.41) is 20.7. The van der Waals surface area contributed by atoms with Crippen LogP contribution in [0.25, 0.3) is 0 Å². The van der Waals surface area contributed by atoms with E-state index in [4.69, 9.17) is 18.5 Å². The summed E-state index contributed by atoms with van der Waals surface area (Å²) in [4.78, 5) is 37.7. The van der Waals surface area contributed by atoms with Crippen LogP contribution in [0.5, 0.6) is 0 Å². The summed E-state index contributed by atoms with van der Waals surface area (Å²) < 4.78 is 33.7. The first-order valence-electron chi connectivity index (χ1n) is 23.2. The zero-order chi connectivity index (χ0) is 44.6. The molecule has 2 N–H and O–H groups in total. The topological polar surface area (TPSA) is 152 Å². The summed E-state index contributed by atoms with van der Waals surface area (Å²) in [6, 6.07) is 0. The van der Waals surface area contributed by atoms with Crippen LogP contribution in [0.15, 0.2) is 60.8 Å². The molecule has 0 aromatic heterocycles. The van der Waals surface area contributed by atoms with E-state index in [-0.39, 0.29) is 38.7 Å². The number of carbonyl (C=O) groups excluding carboxylic acids is 2. The van der Waals surface area contributed by atoms with Gasteiger partial charge in [-0.2, -0.15) is 0 Å². The molecule has 0 aliphatic heterocycles. The number of likely N-dealkylation sites (N-methyl/N-ethyl adjacent to an activating group) is 1. The molecule has 12 heteroatoms. The Kier molecular flexibility index (Phi) is 37.9. The molecule has 60 heavy (non-hydrogen) atoms. The number of aliphatic hydroxyl groups is 2. The van der Waals surface area contributed by atoms with Crippen LogP contribution in [-0.4, -0.2) is 92.5 Å². The number of hydrogen-bond acceptors (Lipinski definition) is 10. The Labute approximate surface area is 365 Å². The quantitative estimate of drug-likeness (QED) is 0.0200. The van der Waals surface area contributed by atoms with E-state index in [0.29, 0.717) is 17.4 Å². The average Bonchev–Trinajstić information content (AvgIpc) is 3.19. The fourth-order valence-corrected chi connectivity index (χ4v) is 6.70. The number of aliphatic hydroxyl groups excluding tert-OH is 2. The van der Waals surface area contributed by atoms with E-state index >= 15 is 0 Å². The van der Waals surface area contributed by atoms with Gasteiger partial charge in [0.2, 0.25) is 0 Å². The van der Waals surface area contributed by atoms with Crippen molar-refractivity contribution in [2.75, 3.05) is 47.5 Å². The number of phosphoric acid groups is 1. The lowest BCUT2D eigenvalue weighted by Gasteiger charge is -2.28. The third-order valence-electron chi connectivity index (χ3n) is 9.72. The number of ether oxygens (including phenoxy) is 2. The van der Waals surface area contributed by atoms with Gasteiger partial charge in [-0.15, -0.1) is 0 Å². The van der Waals surface area contributed by atoms with Crippen molar-refractivity contribution in [1.29, 1.82) is 0 Å². The maximum Gasteiger partial charge on any atom is 0.306 e. The zero-order valence-electron chi connectivity index (χ0n) is 38.4. The van der Waals surface area contributed by atoms with Crippen LogP contribution < -0.4 is 4.89 Å². The molecule has 11 nitrogen and oxygen atoms in total. The lowest BCUT2D eigenvalue weighted by molar-refractivity contribution is -0.870. The van der Waals surface area contributed by atoms with Gasteiger partial charge < -0.3 is 38.1 Å². The highest BCUT2D eigenvalue weighted by Crippen LogP contribution is 2.38. The van der Waals surface area contributed by atoms with Crippen molar-refractivity contribution < 1.29 is 52.3 Å². The fraction of sp³-hybridized carbons (Fsp3) is 0.750. The van der Waals surface area contributed by atoms with Crippen molar-refractivity contribution in [3.05, 3.63) is 60.8 Å². The van der Waals surface area contributed by atoms with Gasteiger partial charge in [-0.1, -0.05) is 139 Å². The number of phosphoric ester groups is 1. The number of nitrogens with zero attached hydrogens (tertiary/aromatic N) is 1. The molecule has 0 aromatic rings. The van der Waals surface area contributed by atoms with Crippen LogP contribution in [-0.2, 0) is 32.7 Å². The predicted molar refractivity (Wildman–Crippen MR) is 243 cm³/mol. The lowest BCUT2D eigenvalue weighted by atomic mass is 10.0. The van der Waals surface area contributed by atoms with Crippen molar-refractivity contribution in [2.24, 2.45) is 0 Å². The molecule has 0 spiro atoms. The Morgan fingerprint density at radius 3 is 1.70 bits per heavy atom. The van der Waals surface area contributed by atoms with E-state index in [1.807, 2.05) is 33.3 Å². The Bertz CT molecular complexity index is 1240. The molecule has 0 amide bonds. The summed E-state index contributed by atoms with van der Waals surface area (Å²) in [5.74, 6) is -1.13. The largest absolute Gasteiger partial charge is 0.756 e. The summed E-state index contributed by atoms with van der Waals surface area (Å²) in [5.41, 5.74) is 0. The Morgan fingerprint density at radius 1 is 0.617 bits per heavy atom. The van der Waals surface area contributed by atoms with Crippen molar-refractivity contribution in [1.82, 2.24) is 0 Å². The van der Waals surface area contributed by atoms with Gasteiger partial charge in [-0.05, 0) is 77.0 Å². The van der Waals surface area contributed by atoms with Crippen LogP contribution in [0, 0.1) is 0 Å². The molecule has 0 radical (unpaired) electrons. The minimum absolute atomic E-state index is 0.0422. The Hall–Kier alpha value is -2.37. The Morgan fingerprint density at radius 2 is 1.13 bits per heavy atom. The van der Waals surface area contributed by atoms with Gasteiger partial charge in [0.15, 0.2) is 6.10 Å². The molecule has 0 saturated heterocycles. The van der Waals surface area contributed by atoms with Crippen LogP contribution in [0.2, 0.25) is 0 Å². The molecule has 0 heterocycles. The molecule has 1 unspecified atom stereocenters. The maximum absolute atomic E-state index is 12.7. The second-order valence-electron chi connectivity index (χ2n) is 16.7. The molecule has 0 rings (SSSR count). The second kappa shape index (κ2) is 39.5. The van der Waals surface area contributed by atoms with Gasteiger partial charge in [0.1, 0.15) is 19.8 Å². The molecule has 0 saturated carbocycles. The van der Waals surface area contributed by atoms with Crippen LogP contribution in [0.4, 0.5) is 0 Å². The van der Waals surface area contributed by atoms with Gasteiger partial charge in [0.05, 0.1) is 40.0 Å². The van der Waals surface area contributed by atoms with Gasteiger partial charge >= 0.3 is 11.9 Å². The van der Waals surface area contributed by atoms with Crippen LogP contribution in [0.3, 0.4) is 0 Å². The van der Waals surface area contributed by atoms with Crippen molar-refractivity contribution in [3.8, 4) is 0 Å². The number of allylic oxidation sites excluding steroid dienone is 9. The molecule has 348 valence electrons. The normalized spacial score (nSPS) is 15.1. The van der Waals surface area contributed by atoms with E-state index in [9.17, 15) is 29.3 Å². The molecule has 4 atom stereocenters. The molecular formula is C48H86NO10P.